The topological polar surface area (TPSA) is 32.3 Å². The summed E-state index contributed by atoms with van der Waals surface area (Å²) >= 11 is 0. The second-order valence-corrected chi connectivity index (χ2v) is 6.91. The molecule has 0 saturated heterocycles. The van der Waals surface area contributed by atoms with Crippen LogP contribution in [0.25, 0.3) is 0 Å². The van der Waals surface area contributed by atoms with Crippen molar-refractivity contribution in [1.82, 2.24) is 10.2 Å². The van der Waals surface area contributed by atoms with E-state index < -0.39 is 0 Å². The molecule has 20 heavy (non-hydrogen) atoms. The Morgan fingerprint density at radius 2 is 1.65 bits per heavy atom. The Bertz CT molecular complexity index is 436. The summed E-state index contributed by atoms with van der Waals surface area (Å²) in [5.74, 6) is 0.105. The van der Waals surface area contributed by atoms with Crippen LogP contribution in [0.3, 0.4) is 0 Å². The first-order chi connectivity index (χ1) is 9.15. The lowest BCUT2D eigenvalue weighted by Crippen LogP contribution is -2.48. The van der Waals surface area contributed by atoms with Crippen LogP contribution in [-0.2, 0) is 10.2 Å². The van der Waals surface area contributed by atoms with Crippen molar-refractivity contribution in [2.75, 3.05) is 20.6 Å². The van der Waals surface area contributed by atoms with Crippen molar-refractivity contribution in [3.63, 3.8) is 0 Å². The fourth-order valence-electron chi connectivity index (χ4n) is 1.93. The molecule has 1 aromatic rings. The zero-order valence-electron chi connectivity index (χ0n) is 13.7. The minimum absolute atomic E-state index is 0.0352. The van der Waals surface area contributed by atoms with Gasteiger partial charge in [0.15, 0.2) is 0 Å². The van der Waals surface area contributed by atoms with Crippen molar-refractivity contribution in [2.24, 2.45) is 0 Å². The molecule has 0 saturated carbocycles. The van der Waals surface area contributed by atoms with Crippen LogP contribution < -0.4 is 5.32 Å². The summed E-state index contributed by atoms with van der Waals surface area (Å²) < 4.78 is 0. The number of hydrogen-bond acceptors (Lipinski definition) is 2. The van der Waals surface area contributed by atoms with Gasteiger partial charge in [-0.15, -0.1) is 0 Å². The monoisotopic (exact) mass is 276 g/mol. The lowest BCUT2D eigenvalue weighted by molar-refractivity contribution is -0.122. The Labute approximate surface area is 123 Å². The van der Waals surface area contributed by atoms with Gasteiger partial charge in [-0.05, 0) is 38.9 Å². The van der Waals surface area contributed by atoms with E-state index in [1.165, 1.54) is 5.56 Å². The summed E-state index contributed by atoms with van der Waals surface area (Å²) in [5.41, 5.74) is 1.02. The van der Waals surface area contributed by atoms with E-state index >= 15 is 0 Å². The highest BCUT2D eigenvalue weighted by molar-refractivity contribution is 5.77. The molecule has 112 valence electrons. The van der Waals surface area contributed by atoms with E-state index in [0.717, 1.165) is 0 Å². The highest BCUT2D eigenvalue weighted by Crippen LogP contribution is 2.26. The van der Waals surface area contributed by atoms with Gasteiger partial charge >= 0.3 is 0 Å². The Balaban J connectivity index is 2.58. The first-order valence-electron chi connectivity index (χ1n) is 7.15. The van der Waals surface area contributed by atoms with Crippen molar-refractivity contribution >= 4 is 5.91 Å². The van der Waals surface area contributed by atoms with E-state index in [2.05, 4.69) is 50.0 Å². The molecule has 0 bridgehead atoms. The van der Waals surface area contributed by atoms with Gasteiger partial charge in [0.05, 0.1) is 0 Å². The van der Waals surface area contributed by atoms with Crippen LogP contribution in [0.1, 0.15) is 39.7 Å². The Morgan fingerprint density at radius 3 is 2.15 bits per heavy atom. The zero-order valence-corrected chi connectivity index (χ0v) is 13.7. The Kier molecular flexibility index (Phi) is 5.35. The van der Waals surface area contributed by atoms with Gasteiger partial charge < -0.3 is 10.2 Å². The zero-order chi connectivity index (χ0) is 15.4. The molecular formula is C17H28N2O. The molecule has 0 heterocycles. The average molecular weight is 276 g/mol. The second kappa shape index (κ2) is 6.40. The molecule has 0 spiro atoms. The summed E-state index contributed by atoms with van der Waals surface area (Å²) in [5, 5.41) is 3.05. The third-order valence-electron chi connectivity index (χ3n) is 4.09. The van der Waals surface area contributed by atoms with Crippen LogP contribution in [0, 0.1) is 0 Å². The lowest BCUT2D eigenvalue weighted by Gasteiger charge is -2.33. The van der Waals surface area contributed by atoms with E-state index in [-0.39, 0.29) is 16.9 Å². The molecule has 0 aliphatic rings. The van der Waals surface area contributed by atoms with E-state index in [1.54, 1.807) is 0 Å². The number of hydrogen-bond donors (Lipinski definition) is 1. The Hall–Kier alpha value is -1.35. The molecule has 0 aliphatic heterocycles. The van der Waals surface area contributed by atoms with Gasteiger partial charge in [-0.3, -0.25) is 4.79 Å². The first-order valence-corrected chi connectivity index (χ1v) is 7.15. The molecule has 1 rings (SSSR count). The van der Waals surface area contributed by atoms with Crippen molar-refractivity contribution in [3.8, 4) is 0 Å². The minimum atomic E-state index is -0.145. The fourth-order valence-corrected chi connectivity index (χ4v) is 1.93. The van der Waals surface area contributed by atoms with Gasteiger partial charge in [0.2, 0.25) is 5.91 Å². The summed E-state index contributed by atoms with van der Waals surface area (Å²) in [6.45, 7) is 9.12. The van der Waals surface area contributed by atoms with E-state index in [9.17, 15) is 4.79 Å². The van der Waals surface area contributed by atoms with E-state index in [4.69, 9.17) is 0 Å². The largest absolute Gasteiger partial charge is 0.354 e. The summed E-state index contributed by atoms with van der Waals surface area (Å²) in [6.07, 6.45) is 0.501. The molecular weight excluding hydrogens is 248 g/mol. The lowest BCUT2D eigenvalue weighted by atomic mass is 9.81. The summed E-state index contributed by atoms with van der Waals surface area (Å²) in [4.78, 5) is 14.3. The number of benzene rings is 1. The van der Waals surface area contributed by atoms with Gasteiger partial charge in [0.1, 0.15) is 0 Å². The molecule has 0 atom stereocenters. The van der Waals surface area contributed by atoms with Gasteiger partial charge in [-0.1, -0.05) is 44.2 Å². The normalized spacial score (nSPS) is 12.6. The average Bonchev–Trinajstić information content (AvgIpc) is 2.37. The van der Waals surface area contributed by atoms with Gasteiger partial charge in [0.25, 0.3) is 0 Å². The minimum Gasteiger partial charge on any atom is -0.354 e. The number of carbonyl (C=O) groups is 1. The molecule has 1 N–H and O–H groups in total. The van der Waals surface area contributed by atoms with Crippen LogP contribution in [-0.4, -0.2) is 37.0 Å². The van der Waals surface area contributed by atoms with Gasteiger partial charge in [-0.2, -0.15) is 0 Å². The fraction of sp³-hybridized carbons (Fsp3) is 0.588. The van der Waals surface area contributed by atoms with Crippen molar-refractivity contribution in [3.05, 3.63) is 35.9 Å². The second-order valence-electron chi connectivity index (χ2n) is 6.91. The molecule has 3 heteroatoms. The molecule has 0 radical (unpaired) electrons. The van der Waals surface area contributed by atoms with Crippen molar-refractivity contribution in [2.45, 2.75) is 45.1 Å². The first kappa shape index (κ1) is 16.7. The summed E-state index contributed by atoms with van der Waals surface area (Å²) in [7, 11) is 4.06. The molecule has 0 aliphatic carbocycles. The third kappa shape index (κ3) is 4.64. The molecule has 1 amide bonds. The molecule has 3 nitrogen and oxygen atoms in total. The van der Waals surface area contributed by atoms with Gasteiger partial charge in [-0.25, -0.2) is 0 Å². The smallest absolute Gasteiger partial charge is 0.220 e. The highest BCUT2D eigenvalue weighted by Gasteiger charge is 2.26. The van der Waals surface area contributed by atoms with Crippen LogP contribution >= 0.6 is 0 Å². The van der Waals surface area contributed by atoms with E-state index in [1.807, 2.05) is 32.3 Å². The maximum atomic E-state index is 12.2. The van der Waals surface area contributed by atoms with Crippen LogP contribution in [0.4, 0.5) is 0 Å². The third-order valence-corrected chi connectivity index (χ3v) is 4.09. The van der Waals surface area contributed by atoms with E-state index in [0.29, 0.717) is 13.0 Å². The summed E-state index contributed by atoms with van der Waals surface area (Å²) in [6, 6.07) is 10.2. The SMILES string of the molecule is CN(C)C(C)(C)CNC(=O)CC(C)(C)c1ccccc1. The molecule has 0 fully saturated rings. The molecule has 0 unspecified atom stereocenters. The number of nitrogens with zero attached hydrogens (tertiary/aromatic N) is 1. The molecule has 1 aromatic carbocycles. The van der Waals surface area contributed by atoms with Gasteiger partial charge in [0, 0.05) is 18.5 Å². The van der Waals surface area contributed by atoms with Crippen LogP contribution in [0.15, 0.2) is 30.3 Å². The van der Waals surface area contributed by atoms with Crippen molar-refractivity contribution < 1.29 is 4.79 Å². The predicted octanol–water partition coefficient (Wildman–Crippen LogP) is 2.81. The Morgan fingerprint density at radius 1 is 1.10 bits per heavy atom. The number of amides is 1. The number of likely N-dealkylation sites (N-methyl/N-ethyl adjacent to an activating group) is 1. The quantitative estimate of drug-likeness (QED) is 0.866. The number of nitrogens with one attached hydrogen (secondary N) is 1. The maximum absolute atomic E-state index is 12.2. The highest BCUT2D eigenvalue weighted by atomic mass is 16.1. The number of rotatable bonds is 6. The standard InChI is InChI=1S/C17H28N2O/c1-16(2,14-10-8-7-9-11-14)12-15(20)18-13-17(3,4)19(5)6/h7-11H,12-13H2,1-6H3,(H,18,20). The number of carbonyl (C=O) groups excluding carboxylic acids is 1. The molecule has 0 aromatic heterocycles. The van der Waals surface area contributed by atoms with Crippen LogP contribution in [0.2, 0.25) is 0 Å². The maximum Gasteiger partial charge on any atom is 0.220 e. The van der Waals surface area contributed by atoms with Crippen molar-refractivity contribution in [1.29, 1.82) is 0 Å². The van der Waals surface area contributed by atoms with Crippen LogP contribution in [0.5, 0.6) is 0 Å². The predicted molar refractivity (Wildman–Crippen MR) is 84.9 cm³/mol.